The topological polar surface area (TPSA) is 46.9 Å². The Morgan fingerprint density at radius 2 is 1.80 bits per heavy atom. The lowest BCUT2D eigenvalue weighted by molar-refractivity contribution is 0.102. The van der Waals surface area contributed by atoms with Crippen LogP contribution in [-0.4, -0.2) is 15.7 Å². The van der Waals surface area contributed by atoms with Crippen LogP contribution in [0.5, 0.6) is 0 Å². The fraction of sp³-hybridized carbons (Fsp3) is 0.158. The average molecular weight is 358 g/mol. The fourth-order valence-electron chi connectivity index (χ4n) is 2.65. The smallest absolute Gasteiger partial charge is 0.260 e. The second kappa shape index (κ2) is 6.69. The summed E-state index contributed by atoms with van der Waals surface area (Å²) in [5.74, 6) is -0.681. The van der Waals surface area contributed by atoms with Crippen LogP contribution < -0.4 is 5.32 Å². The summed E-state index contributed by atoms with van der Waals surface area (Å²) in [5.41, 5.74) is 4.19. The summed E-state index contributed by atoms with van der Waals surface area (Å²) < 4.78 is 14.5. The van der Waals surface area contributed by atoms with Gasteiger partial charge in [-0.1, -0.05) is 29.3 Å². The second-order valence-corrected chi connectivity index (χ2v) is 6.27. The number of benzene rings is 2. The lowest BCUT2D eigenvalue weighted by atomic mass is 10.1. The Labute approximate surface area is 150 Å². The number of halogens is 2. The number of aromatic nitrogens is 2. The summed E-state index contributed by atoms with van der Waals surface area (Å²) in [5, 5.41) is 7.37. The van der Waals surface area contributed by atoms with Gasteiger partial charge in [0.15, 0.2) is 0 Å². The van der Waals surface area contributed by atoms with Crippen LogP contribution in [0.15, 0.2) is 42.5 Å². The van der Waals surface area contributed by atoms with Crippen molar-refractivity contribution in [1.82, 2.24) is 9.78 Å². The van der Waals surface area contributed by atoms with Crippen molar-refractivity contribution in [1.29, 1.82) is 0 Å². The molecular weight excluding hydrogens is 341 g/mol. The second-order valence-electron chi connectivity index (χ2n) is 5.91. The third-order valence-electron chi connectivity index (χ3n) is 3.93. The monoisotopic (exact) mass is 357 g/mol. The summed E-state index contributed by atoms with van der Waals surface area (Å²) in [7, 11) is 0. The molecule has 0 unspecified atom stereocenters. The molecule has 0 atom stereocenters. The number of nitrogens with one attached hydrogen (secondary N) is 1. The number of amides is 1. The molecule has 1 N–H and O–H groups in total. The van der Waals surface area contributed by atoms with Crippen LogP contribution in [-0.2, 0) is 0 Å². The van der Waals surface area contributed by atoms with Crippen molar-refractivity contribution in [3.05, 3.63) is 75.8 Å². The molecule has 0 aliphatic carbocycles. The first-order chi connectivity index (χ1) is 11.9. The van der Waals surface area contributed by atoms with Gasteiger partial charge in [0.2, 0.25) is 0 Å². The molecular formula is C19H17ClFN3O. The molecule has 2 aromatic carbocycles. The predicted octanol–water partition coefficient (Wildman–Crippen LogP) is 4.84. The highest BCUT2D eigenvalue weighted by molar-refractivity contribution is 6.34. The van der Waals surface area contributed by atoms with E-state index in [1.54, 1.807) is 19.1 Å². The molecule has 6 heteroatoms. The minimum absolute atomic E-state index is 0.186. The van der Waals surface area contributed by atoms with Crippen LogP contribution in [0, 0.1) is 26.6 Å². The zero-order valence-electron chi connectivity index (χ0n) is 14.1. The SMILES string of the molecule is Cc1ccc(NC(=O)c2c(C)nn(-c3ccc(F)cc3)c2Cl)c(C)c1. The Kier molecular flexibility index (Phi) is 4.59. The van der Waals surface area contributed by atoms with Crippen molar-refractivity contribution in [3.8, 4) is 5.69 Å². The number of anilines is 1. The van der Waals surface area contributed by atoms with E-state index in [0.29, 0.717) is 16.9 Å². The summed E-state index contributed by atoms with van der Waals surface area (Å²) in [6.45, 7) is 5.63. The van der Waals surface area contributed by atoms with E-state index in [1.165, 1.54) is 16.8 Å². The van der Waals surface area contributed by atoms with E-state index in [2.05, 4.69) is 10.4 Å². The molecule has 0 saturated carbocycles. The maximum Gasteiger partial charge on any atom is 0.260 e. The molecule has 4 nitrogen and oxygen atoms in total. The standard InChI is InChI=1S/C19H17ClFN3O/c1-11-4-9-16(12(2)10-11)22-19(25)17-13(3)23-24(18(17)20)15-7-5-14(21)6-8-15/h4-10H,1-3H3,(H,22,25). The highest BCUT2D eigenvalue weighted by atomic mass is 35.5. The molecule has 0 saturated heterocycles. The number of aryl methyl sites for hydroxylation is 3. The van der Waals surface area contributed by atoms with E-state index in [1.807, 2.05) is 32.0 Å². The quantitative estimate of drug-likeness (QED) is 0.728. The lowest BCUT2D eigenvalue weighted by Gasteiger charge is -2.09. The molecule has 128 valence electrons. The molecule has 1 heterocycles. The van der Waals surface area contributed by atoms with Gasteiger partial charge >= 0.3 is 0 Å². The van der Waals surface area contributed by atoms with Gasteiger partial charge in [-0.25, -0.2) is 9.07 Å². The minimum atomic E-state index is -0.350. The summed E-state index contributed by atoms with van der Waals surface area (Å²) in [6, 6.07) is 11.5. The van der Waals surface area contributed by atoms with Crippen molar-refractivity contribution in [2.75, 3.05) is 5.32 Å². The number of carbonyl (C=O) groups is 1. The molecule has 3 rings (SSSR count). The van der Waals surface area contributed by atoms with E-state index in [4.69, 9.17) is 11.6 Å². The first-order valence-corrected chi connectivity index (χ1v) is 8.14. The van der Waals surface area contributed by atoms with Gasteiger partial charge < -0.3 is 5.32 Å². The zero-order valence-corrected chi connectivity index (χ0v) is 14.9. The van der Waals surface area contributed by atoms with E-state index < -0.39 is 0 Å². The number of hydrogen-bond acceptors (Lipinski definition) is 2. The Hall–Kier alpha value is -2.66. The minimum Gasteiger partial charge on any atom is -0.322 e. The highest BCUT2D eigenvalue weighted by Crippen LogP contribution is 2.25. The van der Waals surface area contributed by atoms with Gasteiger partial charge in [-0.15, -0.1) is 0 Å². The van der Waals surface area contributed by atoms with Crippen molar-refractivity contribution < 1.29 is 9.18 Å². The number of rotatable bonds is 3. The van der Waals surface area contributed by atoms with E-state index in [9.17, 15) is 9.18 Å². The molecule has 1 amide bonds. The van der Waals surface area contributed by atoms with Gasteiger partial charge in [0.1, 0.15) is 16.5 Å². The van der Waals surface area contributed by atoms with Crippen molar-refractivity contribution in [2.24, 2.45) is 0 Å². The van der Waals surface area contributed by atoms with Crippen LogP contribution in [0.1, 0.15) is 27.2 Å². The molecule has 0 radical (unpaired) electrons. The third-order valence-corrected chi connectivity index (χ3v) is 4.28. The largest absolute Gasteiger partial charge is 0.322 e. The summed E-state index contributed by atoms with van der Waals surface area (Å²) in [6.07, 6.45) is 0. The summed E-state index contributed by atoms with van der Waals surface area (Å²) >= 11 is 6.38. The average Bonchev–Trinajstić information content (AvgIpc) is 2.85. The predicted molar refractivity (Wildman–Crippen MR) is 97.1 cm³/mol. The van der Waals surface area contributed by atoms with Crippen molar-refractivity contribution in [2.45, 2.75) is 20.8 Å². The maximum atomic E-state index is 13.1. The third kappa shape index (κ3) is 3.42. The van der Waals surface area contributed by atoms with E-state index in [0.717, 1.165) is 16.8 Å². The van der Waals surface area contributed by atoms with Gasteiger partial charge in [0, 0.05) is 5.69 Å². The van der Waals surface area contributed by atoms with Crippen LogP contribution in [0.2, 0.25) is 5.15 Å². The Balaban J connectivity index is 1.94. The molecule has 3 aromatic rings. The van der Waals surface area contributed by atoms with Crippen molar-refractivity contribution >= 4 is 23.2 Å². The van der Waals surface area contributed by atoms with Gasteiger partial charge in [-0.2, -0.15) is 5.10 Å². The molecule has 0 spiro atoms. The Bertz CT molecular complexity index is 948. The number of hydrogen-bond donors (Lipinski definition) is 1. The Morgan fingerprint density at radius 1 is 1.12 bits per heavy atom. The lowest BCUT2D eigenvalue weighted by Crippen LogP contribution is -2.14. The van der Waals surface area contributed by atoms with E-state index in [-0.39, 0.29) is 16.9 Å². The van der Waals surface area contributed by atoms with E-state index >= 15 is 0 Å². The van der Waals surface area contributed by atoms with Crippen LogP contribution in [0.4, 0.5) is 10.1 Å². The van der Waals surface area contributed by atoms with Gasteiger partial charge in [-0.05, 0) is 56.7 Å². The molecule has 0 aliphatic rings. The van der Waals surface area contributed by atoms with Crippen LogP contribution in [0.3, 0.4) is 0 Å². The van der Waals surface area contributed by atoms with Crippen LogP contribution >= 0.6 is 11.6 Å². The normalized spacial score (nSPS) is 10.8. The first kappa shape index (κ1) is 17.2. The van der Waals surface area contributed by atoms with Gasteiger partial charge in [0.25, 0.3) is 5.91 Å². The fourth-order valence-corrected chi connectivity index (χ4v) is 3.01. The zero-order chi connectivity index (χ0) is 18.1. The first-order valence-electron chi connectivity index (χ1n) is 7.76. The molecule has 1 aromatic heterocycles. The number of carbonyl (C=O) groups excluding carboxylic acids is 1. The molecule has 25 heavy (non-hydrogen) atoms. The molecule has 0 bridgehead atoms. The number of nitrogens with zero attached hydrogens (tertiary/aromatic N) is 2. The molecule has 0 aliphatic heterocycles. The summed E-state index contributed by atoms with van der Waals surface area (Å²) in [4.78, 5) is 12.7. The Morgan fingerprint density at radius 3 is 2.44 bits per heavy atom. The van der Waals surface area contributed by atoms with Gasteiger partial charge in [-0.3, -0.25) is 4.79 Å². The maximum absolute atomic E-state index is 13.1. The van der Waals surface area contributed by atoms with Crippen LogP contribution in [0.25, 0.3) is 5.69 Å². The van der Waals surface area contributed by atoms with Crippen molar-refractivity contribution in [3.63, 3.8) is 0 Å². The van der Waals surface area contributed by atoms with Gasteiger partial charge in [0.05, 0.1) is 11.4 Å². The highest BCUT2D eigenvalue weighted by Gasteiger charge is 2.21. The molecule has 0 fully saturated rings.